The van der Waals surface area contributed by atoms with Gasteiger partial charge in [-0.2, -0.15) is 0 Å². The number of halogens is 4. The smallest absolute Gasteiger partial charge is 0.129 e. The molecule has 0 heterocycles. The van der Waals surface area contributed by atoms with Crippen LogP contribution in [-0.4, -0.2) is 14.1 Å². The molecule has 6 heteroatoms. The van der Waals surface area contributed by atoms with Crippen LogP contribution in [0.5, 0.6) is 0 Å². The monoisotopic (exact) mass is 346 g/mol. The van der Waals surface area contributed by atoms with E-state index in [1.165, 1.54) is 12.1 Å². The Hall–Kier alpha value is -1.20. The Kier molecular flexibility index (Phi) is 8.35. The van der Waals surface area contributed by atoms with Gasteiger partial charge in [-0.25, -0.2) is 8.78 Å². The van der Waals surface area contributed by atoms with Crippen molar-refractivity contribution in [3.05, 3.63) is 69.2 Å². The maximum absolute atomic E-state index is 12.9. The second-order valence-electron chi connectivity index (χ2n) is 4.46. The molecule has 0 saturated carbocycles. The van der Waals surface area contributed by atoms with Gasteiger partial charge in [0, 0.05) is 34.3 Å². The van der Waals surface area contributed by atoms with Gasteiger partial charge in [0.2, 0.25) is 0 Å². The summed E-state index contributed by atoms with van der Waals surface area (Å²) in [4.78, 5) is 0. The van der Waals surface area contributed by atoms with Crippen molar-refractivity contribution in [3.8, 4) is 0 Å². The number of hydrogen-bond donors (Lipinski definition) is 2. The summed E-state index contributed by atoms with van der Waals surface area (Å²) in [5.74, 6) is -0.515. The fraction of sp³-hybridized carbons (Fsp3) is 0.250. The third-order valence-electron chi connectivity index (χ3n) is 2.83. The second kappa shape index (κ2) is 9.74. The number of benzene rings is 2. The molecule has 0 fully saturated rings. The molecule has 0 aliphatic carbocycles. The van der Waals surface area contributed by atoms with Crippen LogP contribution in [0.3, 0.4) is 0 Å². The van der Waals surface area contributed by atoms with Crippen molar-refractivity contribution < 1.29 is 8.78 Å². The molecule has 2 rings (SSSR count). The molecule has 0 unspecified atom stereocenters. The molecule has 2 aromatic carbocycles. The molecule has 0 bridgehead atoms. The van der Waals surface area contributed by atoms with E-state index in [2.05, 4.69) is 10.6 Å². The van der Waals surface area contributed by atoms with Crippen molar-refractivity contribution in [1.82, 2.24) is 10.6 Å². The summed E-state index contributed by atoms with van der Waals surface area (Å²) in [6.45, 7) is 0.928. The largest absolute Gasteiger partial charge is 0.316 e. The van der Waals surface area contributed by atoms with Crippen LogP contribution in [0.25, 0.3) is 0 Å². The van der Waals surface area contributed by atoms with Gasteiger partial charge in [0.05, 0.1) is 0 Å². The lowest BCUT2D eigenvalue weighted by Crippen LogP contribution is -2.07. The zero-order chi connectivity index (χ0) is 16.5. The number of hydrogen-bond acceptors (Lipinski definition) is 2. The SMILES string of the molecule is CNCc1c(F)cccc1Cl.CNCc1c(F)cccc1Cl. The van der Waals surface area contributed by atoms with Crippen LogP contribution in [0.1, 0.15) is 11.1 Å². The molecule has 2 aromatic rings. The summed E-state index contributed by atoms with van der Waals surface area (Å²) < 4.78 is 25.8. The van der Waals surface area contributed by atoms with Crippen LogP contribution in [0.2, 0.25) is 10.0 Å². The molecule has 2 N–H and O–H groups in total. The molecule has 0 amide bonds. The van der Waals surface area contributed by atoms with Crippen molar-refractivity contribution in [2.24, 2.45) is 0 Å². The quantitative estimate of drug-likeness (QED) is 0.857. The minimum Gasteiger partial charge on any atom is -0.316 e. The zero-order valence-corrected chi connectivity index (χ0v) is 13.9. The van der Waals surface area contributed by atoms with Crippen molar-refractivity contribution in [2.45, 2.75) is 13.1 Å². The third-order valence-corrected chi connectivity index (χ3v) is 3.54. The molecule has 2 nitrogen and oxygen atoms in total. The van der Waals surface area contributed by atoms with Gasteiger partial charge in [-0.3, -0.25) is 0 Å². The second-order valence-corrected chi connectivity index (χ2v) is 5.28. The Labute approximate surface area is 139 Å². The van der Waals surface area contributed by atoms with Crippen LogP contribution in [0.15, 0.2) is 36.4 Å². The van der Waals surface area contributed by atoms with E-state index in [1.54, 1.807) is 38.4 Å². The van der Waals surface area contributed by atoms with Crippen molar-refractivity contribution in [2.75, 3.05) is 14.1 Å². The maximum Gasteiger partial charge on any atom is 0.129 e. The number of rotatable bonds is 4. The summed E-state index contributed by atoms with van der Waals surface area (Å²) in [5, 5.41) is 6.63. The van der Waals surface area contributed by atoms with Gasteiger partial charge in [0.15, 0.2) is 0 Å². The summed E-state index contributed by atoms with van der Waals surface area (Å²) >= 11 is 11.5. The van der Waals surface area contributed by atoms with E-state index in [0.717, 1.165) is 0 Å². The molecule has 0 aliphatic rings. The first-order valence-corrected chi connectivity index (χ1v) is 7.41. The maximum atomic E-state index is 12.9. The van der Waals surface area contributed by atoms with Crippen LogP contribution in [-0.2, 0) is 13.1 Å². The van der Waals surface area contributed by atoms with Gasteiger partial charge in [0.1, 0.15) is 11.6 Å². The average molecular weight is 347 g/mol. The highest BCUT2D eigenvalue weighted by Gasteiger charge is 2.04. The first kappa shape index (κ1) is 18.8. The van der Waals surface area contributed by atoms with Crippen LogP contribution < -0.4 is 10.6 Å². The first-order chi connectivity index (χ1) is 10.5. The topological polar surface area (TPSA) is 24.1 Å². The highest BCUT2D eigenvalue weighted by molar-refractivity contribution is 6.31. The third kappa shape index (κ3) is 5.54. The van der Waals surface area contributed by atoms with E-state index in [4.69, 9.17) is 23.2 Å². The fourth-order valence-electron chi connectivity index (χ4n) is 1.76. The van der Waals surface area contributed by atoms with Gasteiger partial charge in [-0.05, 0) is 38.4 Å². The van der Waals surface area contributed by atoms with E-state index in [1.807, 2.05) is 0 Å². The average Bonchev–Trinajstić information content (AvgIpc) is 2.48. The van der Waals surface area contributed by atoms with Crippen molar-refractivity contribution in [1.29, 1.82) is 0 Å². The summed E-state index contributed by atoms with van der Waals surface area (Å²) in [6.07, 6.45) is 0. The normalized spacial score (nSPS) is 10.1. The number of nitrogens with one attached hydrogen (secondary N) is 2. The molecule has 0 aliphatic heterocycles. The summed E-state index contributed by atoms with van der Waals surface area (Å²) in [5.41, 5.74) is 1.05. The van der Waals surface area contributed by atoms with E-state index >= 15 is 0 Å². The highest BCUT2D eigenvalue weighted by Crippen LogP contribution is 2.18. The van der Waals surface area contributed by atoms with Gasteiger partial charge in [-0.1, -0.05) is 35.3 Å². The lowest BCUT2D eigenvalue weighted by Gasteiger charge is -2.03. The van der Waals surface area contributed by atoms with Gasteiger partial charge >= 0.3 is 0 Å². The van der Waals surface area contributed by atoms with Crippen LogP contribution in [0, 0.1) is 11.6 Å². The van der Waals surface area contributed by atoms with Crippen molar-refractivity contribution >= 4 is 23.2 Å². The lowest BCUT2D eigenvalue weighted by molar-refractivity contribution is 0.601. The van der Waals surface area contributed by atoms with E-state index in [0.29, 0.717) is 34.3 Å². The molecule has 22 heavy (non-hydrogen) atoms. The van der Waals surface area contributed by atoms with E-state index in [-0.39, 0.29) is 11.6 Å². The molecule has 0 spiro atoms. The minimum atomic E-state index is -0.258. The highest BCUT2D eigenvalue weighted by atomic mass is 35.5. The Morgan fingerprint density at radius 3 is 1.41 bits per heavy atom. The molecule has 0 saturated heterocycles. The molecule has 0 aromatic heterocycles. The lowest BCUT2D eigenvalue weighted by atomic mass is 10.2. The van der Waals surface area contributed by atoms with Gasteiger partial charge in [0.25, 0.3) is 0 Å². The molecular weight excluding hydrogens is 329 g/mol. The van der Waals surface area contributed by atoms with Crippen LogP contribution >= 0.6 is 23.2 Å². The Bertz CT molecular complexity index is 513. The van der Waals surface area contributed by atoms with Crippen LogP contribution in [0.4, 0.5) is 8.78 Å². The Balaban J connectivity index is 0.000000220. The Morgan fingerprint density at radius 2 is 1.14 bits per heavy atom. The van der Waals surface area contributed by atoms with E-state index < -0.39 is 0 Å². The fourth-order valence-corrected chi connectivity index (χ4v) is 2.22. The van der Waals surface area contributed by atoms with Gasteiger partial charge in [-0.15, -0.1) is 0 Å². The minimum absolute atomic E-state index is 0.258. The molecule has 120 valence electrons. The predicted molar refractivity (Wildman–Crippen MR) is 88.3 cm³/mol. The molecule has 0 radical (unpaired) electrons. The van der Waals surface area contributed by atoms with Gasteiger partial charge < -0.3 is 10.6 Å². The first-order valence-electron chi connectivity index (χ1n) is 6.66. The van der Waals surface area contributed by atoms with Crippen molar-refractivity contribution in [3.63, 3.8) is 0 Å². The predicted octanol–water partition coefficient (Wildman–Crippen LogP) is 4.40. The Morgan fingerprint density at radius 1 is 0.773 bits per heavy atom. The molecule has 0 atom stereocenters. The summed E-state index contributed by atoms with van der Waals surface area (Å²) in [7, 11) is 3.51. The standard InChI is InChI=1S/2C8H9ClFN/c2*1-11-5-6-7(9)3-2-4-8(6)10/h2*2-4,11H,5H2,1H3. The summed E-state index contributed by atoms with van der Waals surface area (Å²) in [6, 6.07) is 9.35. The zero-order valence-electron chi connectivity index (χ0n) is 12.4. The van der Waals surface area contributed by atoms with E-state index in [9.17, 15) is 8.78 Å². The molecular formula is C16H18Cl2F2N2.